The van der Waals surface area contributed by atoms with Crippen LogP contribution >= 0.6 is 0 Å². The average molecular weight is 264 g/mol. The average Bonchev–Trinajstić information content (AvgIpc) is 2.47. The van der Waals surface area contributed by atoms with Gasteiger partial charge >= 0.3 is 0 Å². The van der Waals surface area contributed by atoms with E-state index >= 15 is 0 Å². The molecule has 1 aliphatic heterocycles. The van der Waals surface area contributed by atoms with Gasteiger partial charge in [-0.2, -0.15) is 0 Å². The Balaban J connectivity index is 2.03. The summed E-state index contributed by atoms with van der Waals surface area (Å²) in [4.78, 5) is 0. The molecule has 0 saturated carbocycles. The largest absolute Gasteiger partial charge is 0.493 e. The molecule has 1 aromatic rings. The van der Waals surface area contributed by atoms with Crippen LogP contribution in [0.3, 0.4) is 0 Å². The van der Waals surface area contributed by atoms with Crippen molar-refractivity contribution in [3.05, 3.63) is 23.8 Å². The lowest BCUT2D eigenvalue weighted by Crippen LogP contribution is -2.43. The van der Waals surface area contributed by atoms with E-state index in [0.29, 0.717) is 12.1 Å². The highest BCUT2D eigenvalue weighted by Gasteiger charge is 2.17. The van der Waals surface area contributed by atoms with Gasteiger partial charge in [-0.05, 0) is 44.0 Å². The zero-order valence-corrected chi connectivity index (χ0v) is 12.0. The van der Waals surface area contributed by atoms with Crippen molar-refractivity contribution in [2.24, 2.45) is 0 Å². The molecule has 4 heteroatoms. The number of benzene rings is 1. The van der Waals surface area contributed by atoms with Crippen LogP contribution < -0.4 is 20.1 Å². The highest BCUT2D eigenvalue weighted by molar-refractivity contribution is 5.43. The van der Waals surface area contributed by atoms with Crippen LogP contribution in [0.15, 0.2) is 18.2 Å². The van der Waals surface area contributed by atoms with Crippen LogP contribution in [0.2, 0.25) is 0 Å². The third-order valence-electron chi connectivity index (χ3n) is 3.69. The molecule has 1 aromatic carbocycles. The molecule has 2 atom stereocenters. The first-order chi connectivity index (χ1) is 9.24. The SMILES string of the molecule is COc1ccc(C(C)NC2CCCNC2)cc1OC. The van der Waals surface area contributed by atoms with Crippen LogP contribution in [0.1, 0.15) is 31.4 Å². The van der Waals surface area contributed by atoms with E-state index in [2.05, 4.69) is 23.6 Å². The van der Waals surface area contributed by atoms with Gasteiger partial charge in [0.05, 0.1) is 14.2 Å². The van der Waals surface area contributed by atoms with Crippen molar-refractivity contribution in [2.45, 2.75) is 31.8 Å². The number of piperidine rings is 1. The van der Waals surface area contributed by atoms with Gasteiger partial charge in [0.1, 0.15) is 0 Å². The summed E-state index contributed by atoms with van der Waals surface area (Å²) >= 11 is 0. The highest BCUT2D eigenvalue weighted by atomic mass is 16.5. The lowest BCUT2D eigenvalue weighted by atomic mass is 10.0. The van der Waals surface area contributed by atoms with Crippen LogP contribution in [0, 0.1) is 0 Å². The second-order valence-electron chi connectivity index (χ2n) is 5.05. The molecule has 0 aromatic heterocycles. The Kier molecular flexibility index (Phi) is 5.05. The number of hydrogen-bond donors (Lipinski definition) is 2. The van der Waals surface area contributed by atoms with Crippen molar-refractivity contribution in [2.75, 3.05) is 27.3 Å². The Morgan fingerprint density at radius 3 is 2.68 bits per heavy atom. The molecule has 0 bridgehead atoms. The first-order valence-corrected chi connectivity index (χ1v) is 6.93. The Morgan fingerprint density at radius 1 is 1.26 bits per heavy atom. The fourth-order valence-corrected chi connectivity index (χ4v) is 2.57. The van der Waals surface area contributed by atoms with E-state index < -0.39 is 0 Å². The first kappa shape index (κ1) is 14.2. The summed E-state index contributed by atoms with van der Waals surface area (Å²) in [5.41, 5.74) is 1.23. The van der Waals surface area contributed by atoms with Gasteiger partial charge in [0.25, 0.3) is 0 Å². The van der Waals surface area contributed by atoms with Gasteiger partial charge in [-0.15, -0.1) is 0 Å². The normalized spacial score (nSPS) is 20.9. The van der Waals surface area contributed by atoms with Gasteiger partial charge in [-0.1, -0.05) is 6.07 Å². The van der Waals surface area contributed by atoms with Crippen molar-refractivity contribution in [3.8, 4) is 11.5 Å². The van der Waals surface area contributed by atoms with Crippen LogP contribution in [0.5, 0.6) is 11.5 Å². The summed E-state index contributed by atoms with van der Waals surface area (Å²) in [6.45, 7) is 4.39. The van der Waals surface area contributed by atoms with Crippen LogP contribution in [-0.2, 0) is 0 Å². The van der Waals surface area contributed by atoms with E-state index in [1.807, 2.05) is 12.1 Å². The molecule has 2 N–H and O–H groups in total. The fourth-order valence-electron chi connectivity index (χ4n) is 2.57. The van der Waals surface area contributed by atoms with Gasteiger partial charge in [0, 0.05) is 18.6 Å². The van der Waals surface area contributed by atoms with Gasteiger partial charge in [-0.25, -0.2) is 0 Å². The van der Waals surface area contributed by atoms with Crippen LogP contribution in [0.4, 0.5) is 0 Å². The van der Waals surface area contributed by atoms with E-state index in [1.54, 1.807) is 14.2 Å². The molecule has 106 valence electrons. The number of ether oxygens (including phenoxy) is 2. The van der Waals surface area contributed by atoms with E-state index in [-0.39, 0.29) is 0 Å². The molecule has 1 fully saturated rings. The minimum atomic E-state index is 0.310. The van der Waals surface area contributed by atoms with Gasteiger partial charge in [-0.3, -0.25) is 0 Å². The Hall–Kier alpha value is -1.26. The van der Waals surface area contributed by atoms with Crippen molar-refractivity contribution < 1.29 is 9.47 Å². The molecule has 0 spiro atoms. The van der Waals surface area contributed by atoms with E-state index in [4.69, 9.17) is 9.47 Å². The van der Waals surface area contributed by atoms with Crippen molar-refractivity contribution in [1.82, 2.24) is 10.6 Å². The fraction of sp³-hybridized carbons (Fsp3) is 0.600. The van der Waals surface area contributed by atoms with Gasteiger partial charge < -0.3 is 20.1 Å². The molecule has 4 nitrogen and oxygen atoms in total. The molecular weight excluding hydrogens is 240 g/mol. The number of methoxy groups -OCH3 is 2. The van der Waals surface area contributed by atoms with Crippen molar-refractivity contribution in [3.63, 3.8) is 0 Å². The quantitative estimate of drug-likeness (QED) is 0.855. The smallest absolute Gasteiger partial charge is 0.161 e. The maximum atomic E-state index is 5.35. The topological polar surface area (TPSA) is 42.5 Å². The molecule has 1 heterocycles. The molecule has 19 heavy (non-hydrogen) atoms. The molecule has 0 aliphatic carbocycles. The zero-order valence-electron chi connectivity index (χ0n) is 12.0. The molecule has 1 saturated heterocycles. The zero-order chi connectivity index (χ0) is 13.7. The Bertz CT molecular complexity index is 403. The van der Waals surface area contributed by atoms with E-state index in [0.717, 1.165) is 24.6 Å². The first-order valence-electron chi connectivity index (χ1n) is 6.93. The standard InChI is InChI=1S/C15H24N2O2/c1-11(17-13-5-4-8-16-10-13)12-6-7-14(18-2)15(9-12)19-3/h6-7,9,11,13,16-17H,4-5,8,10H2,1-3H3. The summed E-state index contributed by atoms with van der Waals surface area (Å²) in [7, 11) is 3.33. The minimum absolute atomic E-state index is 0.310. The number of hydrogen-bond acceptors (Lipinski definition) is 4. The summed E-state index contributed by atoms with van der Waals surface area (Å²) < 4.78 is 10.6. The molecule has 1 aliphatic rings. The lowest BCUT2D eigenvalue weighted by Gasteiger charge is -2.27. The van der Waals surface area contributed by atoms with Crippen LogP contribution in [-0.4, -0.2) is 33.4 Å². The molecule has 0 amide bonds. The second kappa shape index (κ2) is 6.78. The molecule has 2 rings (SSSR count). The number of nitrogens with one attached hydrogen (secondary N) is 2. The highest BCUT2D eigenvalue weighted by Crippen LogP contribution is 2.30. The van der Waals surface area contributed by atoms with Gasteiger partial charge in [0.2, 0.25) is 0 Å². The summed E-state index contributed by atoms with van der Waals surface area (Å²) in [5, 5.41) is 7.09. The monoisotopic (exact) mass is 264 g/mol. The molecular formula is C15H24N2O2. The maximum absolute atomic E-state index is 5.35. The van der Waals surface area contributed by atoms with Crippen LogP contribution in [0.25, 0.3) is 0 Å². The Labute approximate surface area is 115 Å². The van der Waals surface area contributed by atoms with Crippen molar-refractivity contribution >= 4 is 0 Å². The summed E-state index contributed by atoms with van der Waals surface area (Å²) in [6.07, 6.45) is 2.49. The minimum Gasteiger partial charge on any atom is -0.493 e. The third-order valence-corrected chi connectivity index (χ3v) is 3.69. The Morgan fingerprint density at radius 2 is 2.05 bits per heavy atom. The number of rotatable bonds is 5. The maximum Gasteiger partial charge on any atom is 0.161 e. The van der Waals surface area contributed by atoms with E-state index in [9.17, 15) is 0 Å². The molecule has 2 unspecified atom stereocenters. The third kappa shape index (κ3) is 3.61. The van der Waals surface area contributed by atoms with E-state index in [1.165, 1.54) is 18.4 Å². The summed E-state index contributed by atoms with van der Waals surface area (Å²) in [6, 6.07) is 6.97. The molecule has 0 radical (unpaired) electrons. The van der Waals surface area contributed by atoms with Crippen molar-refractivity contribution in [1.29, 1.82) is 0 Å². The predicted molar refractivity (Wildman–Crippen MR) is 77.0 cm³/mol. The lowest BCUT2D eigenvalue weighted by molar-refractivity contribution is 0.349. The van der Waals surface area contributed by atoms with Gasteiger partial charge in [0.15, 0.2) is 11.5 Å². The predicted octanol–water partition coefficient (Wildman–Crippen LogP) is 2.11. The summed E-state index contributed by atoms with van der Waals surface area (Å²) in [5.74, 6) is 1.56. The second-order valence-corrected chi connectivity index (χ2v) is 5.05.